The first-order valence-electron chi connectivity index (χ1n) is 6.51. The summed E-state index contributed by atoms with van der Waals surface area (Å²) in [5, 5.41) is 12.7. The Balaban J connectivity index is 2.17. The van der Waals surface area contributed by atoms with Gasteiger partial charge in [0.2, 0.25) is 0 Å². The van der Waals surface area contributed by atoms with Crippen LogP contribution in [0.1, 0.15) is 18.1 Å². The number of hydrogen-bond acceptors (Lipinski definition) is 2. The molecule has 0 aliphatic carbocycles. The van der Waals surface area contributed by atoms with Gasteiger partial charge in [-0.15, -0.1) is 0 Å². The van der Waals surface area contributed by atoms with Crippen LogP contribution in [0.15, 0.2) is 48.5 Å². The molecule has 0 aliphatic heterocycles. The lowest BCUT2D eigenvalue weighted by Crippen LogP contribution is -2.35. The molecule has 2 aromatic rings. The van der Waals surface area contributed by atoms with E-state index >= 15 is 0 Å². The Morgan fingerprint density at radius 2 is 1.90 bits per heavy atom. The highest BCUT2D eigenvalue weighted by Crippen LogP contribution is 2.20. The van der Waals surface area contributed by atoms with Crippen LogP contribution in [0.25, 0.3) is 0 Å². The van der Waals surface area contributed by atoms with Gasteiger partial charge in [-0.3, -0.25) is 0 Å². The van der Waals surface area contributed by atoms with Crippen molar-refractivity contribution >= 4 is 5.69 Å². The van der Waals surface area contributed by atoms with E-state index < -0.39 is 5.54 Å². The van der Waals surface area contributed by atoms with E-state index in [4.69, 9.17) is 0 Å². The Kier molecular flexibility index (Phi) is 4.05. The van der Waals surface area contributed by atoms with Crippen molar-refractivity contribution in [2.24, 2.45) is 0 Å². The van der Waals surface area contributed by atoms with Crippen molar-refractivity contribution in [3.8, 4) is 6.07 Å². The fraction of sp³-hybridized carbons (Fsp3) is 0.235. The largest absolute Gasteiger partial charge is 0.367 e. The van der Waals surface area contributed by atoms with Crippen molar-refractivity contribution in [1.82, 2.24) is 0 Å². The van der Waals surface area contributed by atoms with Crippen LogP contribution >= 0.6 is 0 Å². The van der Waals surface area contributed by atoms with Crippen LogP contribution in [0.5, 0.6) is 0 Å². The number of nitrogens with one attached hydrogen (secondary N) is 1. The normalized spacial score (nSPS) is 13.3. The van der Waals surface area contributed by atoms with E-state index in [1.165, 1.54) is 12.1 Å². The summed E-state index contributed by atoms with van der Waals surface area (Å²) in [5.41, 5.74) is 2.25. The number of nitriles is 1. The predicted molar refractivity (Wildman–Crippen MR) is 78.9 cm³/mol. The second-order valence-corrected chi connectivity index (χ2v) is 5.24. The Morgan fingerprint density at radius 3 is 2.50 bits per heavy atom. The summed E-state index contributed by atoms with van der Waals surface area (Å²) in [6.45, 7) is 3.85. The van der Waals surface area contributed by atoms with E-state index in [1.807, 2.05) is 38.1 Å². The molecule has 102 valence electrons. The number of anilines is 1. The molecule has 0 amide bonds. The molecule has 1 atom stereocenters. The molecule has 2 nitrogen and oxygen atoms in total. The molecule has 0 fully saturated rings. The summed E-state index contributed by atoms with van der Waals surface area (Å²) >= 11 is 0. The first-order chi connectivity index (χ1) is 9.50. The molecular weight excluding hydrogens is 251 g/mol. The van der Waals surface area contributed by atoms with Gasteiger partial charge in [0.1, 0.15) is 11.4 Å². The van der Waals surface area contributed by atoms with E-state index in [0.717, 1.165) is 16.8 Å². The number of rotatable bonds is 4. The van der Waals surface area contributed by atoms with Gasteiger partial charge in [-0.1, -0.05) is 24.3 Å². The molecule has 1 unspecified atom stereocenters. The minimum atomic E-state index is -0.731. The van der Waals surface area contributed by atoms with Gasteiger partial charge in [0, 0.05) is 12.1 Å². The van der Waals surface area contributed by atoms with Crippen molar-refractivity contribution in [3.05, 3.63) is 65.5 Å². The SMILES string of the molecule is Cc1cccc(NC(C)(C#N)Cc2ccc(F)cc2)c1. The maximum absolute atomic E-state index is 12.9. The predicted octanol–water partition coefficient (Wildman–Crippen LogP) is 4.07. The van der Waals surface area contributed by atoms with Crippen LogP contribution in [0, 0.1) is 24.1 Å². The Hall–Kier alpha value is -2.34. The molecule has 0 radical (unpaired) electrons. The average molecular weight is 268 g/mol. The quantitative estimate of drug-likeness (QED) is 0.907. The summed E-state index contributed by atoms with van der Waals surface area (Å²) in [6, 6.07) is 16.5. The first-order valence-corrected chi connectivity index (χ1v) is 6.51. The zero-order valence-corrected chi connectivity index (χ0v) is 11.7. The van der Waals surface area contributed by atoms with Crippen molar-refractivity contribution in [2.45, 2.75) is 25.8 Å². The fourth-order valence-corrected chi connectivity index (χ4v) is 2.16. The van der Waals surface area contributed by atoms with Gasteiger partial charge in [0.05, 0.1) is 6.07 Å². The van der Waals surface area contributed by atoms with Gasteiger partial charge in [0.25, 0.3) is 0 Å². The van der Waals surface area contributed by atoms with E-state index in [9.17, 15) is 9.65 Å². The number of hydrogen-bond donors (Lipinski definition) is 1. The second-order valence-electron chi connectivity index (χ2n) is 5.24. The molecule has 0 bridgehead atoms. The van der Waals surface area contributed by atoms with Gasteiger partial charge in [-0.05, 0) is 49.2 Å². The number of benzene rings is 2. The Bertz CT molecular complexity index is 628. The van der Waals surface area contributed by atoms with E-state index in [0.29, 0.717) is 6.42 Å². The number of halogens is 1. The average Bonchev–Trinajstić information content (AvgIpc) is 2.41. The number of nitrogens with zero attached hydrogens (tertiary/aromatic N) is 1. The van der Waals surface area contributed by atoms with Gasteiger partial charge >= 0.3 is 0 Å². The molecule has 2 aromatic carbocycles. The van der Waals surface area contributed by atoms with Crippen molar-refractivity contribution in [3.63, 3.8) is 0 Å². The molecule has 0 aromatic heterocycles. The van der Waals surface area contributed by atoms with E-state index in [-0.39, 0.29) is 5.82 Å². The lowest BCUT2D eigenvalue weighted by atomic mass is 9.94. The highest BCUT2D eigenvalue weighted by atomic mass is 19.1. The third-order valence-corrected chi connectivity index (χ3v) is 3.16. The topological polar surface area (TPSA) is 35.8 Å². The summed E-state index contributed by atoms with van der Waals surface area (Å²) < 4.78 is 12.9. The first kappa shape index (κ1) is 14.1. The zero-order chi connectivity index (χ0) is 14.6. The molecule has 0 spiro atoms. The van der Waals surface area contributed by atoms with Gasteiger partial charge < -0.3 is 5.32 Å². The molecule has 1 N–H and O–H groups in total. The van der Waals surface area contributed by atoms with Gasteiger partial charge in [-0.2, -0.15) is 5.26 Å². The van der Waals surface area contributed by atoms with E-state index in [1.54, 1.807) is 12.1 Å². The lowest BCUT2D eigenvalue weighted by Gasteiger charge is -2.25. The monoisotopic (exact) mass is 268 g/mol. The van der Waals surface area contributed by atoms with Crippen molar-refractivity contribution in [1.29, 1.82) is 5.26 Å². The van der Waals surface area contributed by atoms with Crippen LogP contribution < -0.4 is 5.32 Å². The molecule has 0 heterocycles. The van der Waals surface area contributed by atoms with Crippen LogP contribution in [0.3, 0.4) is 0 Å². The molecular formula is C17H17FN2. The molecule has 3 heteroatoms. The van der Waals surface area contributed by atoms with Gasteiger partial charge in [0.15, 0.2) is 0 Å². The van der Waals surface area contributed by atoms with Crippen LogP contribution in [-0.4, -0.2) is 5.54 Å². The smallest absolute Gasteiger partial charge is 0.126 e. The highest BCUT2D eigenvalue weighted by Gasteiger charge is 2.24. The van der Waals surface area contributed by atoms with Crippen molar-refractivity contribution in [2.75, 3.05) is 5.32 Å². The van der Waals surface area contributed by atoms with Gasteiger partial charge in [-0.25, -0.2) is 4.39 Å². The van der Waals surface area contributed by atoms with Crippen LogP contribution in [-0.2, 0) is 6.42 Å². The highest BCUT2D eigenvalue weighted by molar-refractivity contribution is 5.49. The molecule has 20 heavy (non-hydrogen) atoms. The zero-order valence-electron chi connectivity index (χ0n) is 11.7. The fourth-order valence-electron chi connectivity index (χ4n) is 2.16. The summed E-state index contributed by atoms with van der Waals surface area (Å²) in [5.74, 6) is -0.265. The Labute approximate surface area is 118 Å². The molecule has 2 rings (SSSR count). The van der Waals surface area contributed by atoms with Crippen molar-refractivity contribution < 1.29 is 4.39 Å². The summed E-state index contributed by atoms with van der Waals surface area (Å²) in [7, 11) is 0. The van der Waals surface area contributed by atoms with E-state index in [2.05, 4.69) is 11.4 Å². The maximum Gasteiger partial charge on any atom is 0.126 e. The number of aryl methyl sites for hydroxylation is 1. The third-order valence-electron chi connectivity index (χ3n) is 3.16. The van der Waals surface area contributed by atoms with Crippen LogP contribution in [0.4, 0.5) is 10.1 Å². The molecule has 0 aliphatic rings. The summed E-state index contributed by atoms with van der Waals surface area (Å²) in [4.78, 5) is 0. The Morgan fingerprint density at radius 1 is 1.20 bits per heavy atom. The third kappa shape index (κ3) is 3.58. The van der Waals surface area contributed by atoms with Crippen LogP contribution in [0.2, 0.25) is 0 Å². The standard InChI is InChI=1S/C17H17FN2/c1-13-4-3-5-16(10-13)20-17(2,12-19)11-14-6-8-15(18)9-7-14/h3-10,20H,11H2,1-2H3. The second kappa shape index (κ2) is 5.75. The summed E-state index contributed by atoms with van der Waals surface area (Å²) in [6.07, 6.45) is 0.512. The minimum absolute atomic E-state index is 0.265. The lowest BCUT2D eigenvalue weighted by molar-refractivity contribution is 0.620. The molecule has 0 saturated heterocycles. The molecule has 0 saturated carbocycles. The minimum Gasteiger partial charge on any atom is -0.367 e. The maximum atomic E-state index is 12.9.